The summed E-state index contributed by atoms with van der Waals surface area (Å²) in [6.45, 7) is 1.34. The number of benzene rings is 2. The van der Waals surface area contributed by atoms with Crippen molar-refractivity contribution in [3.8, 4) is 5.75 Å². The molecule has 7 nitrogen and oxygen atoms in total. The molecule has 3 N–H and O–H groups in total. The summed E-state index contributed by atoms with van der Waals surface area (Å²) >= 11 is 0. The Morgan fingerprint density at radius 1 is 0.960 bits per heavy atom. The van der Waals surface area contributed by atoms with E-state index >= 15 is 0 Å². The second-order valence-corrected chi connectivity index (χ2v) is 5.18. The van der Waals surface area contributed by atoms with E-state index in [9.17, 15) is 14.4 Å². The maximum absolute atomic E-state index is 11.8. The van der Waals surface area contributed by atoms with E-state index in [-0.39, 0.29) is 12.5 Å². The number of urea groups is 1. The maximum atomic E-state index is 11.8. The summed E-state index contributed by atoms with van der Waals surface area (Å²) in [6.07, 6.45) is 0. The first kappa shape index (κ1) is 18.0. The van der Waals surface area contributed by atoms with Crippen LogP contribution in [0.2, 0.25) is 0 Å². The lowest BCUT2D eigenvalue weighted by Gasteiger charge is -2.11. The third-order valence-electron chi connectivity index (χ3n) is 3.11. The van der Waals surface area contributed by atoms with Crippen LogP contribution in [0.4, 0.5) is 10.5 Å². The fraction of sp³-hybridized carbons (Fsp3) is 0.167. The zero-order valence-corrected chi connectivity index (χ0v) is 13.7. The molecular weight excluding hydrogens is 322 g/mol. The lowest BCUT2D eigenvalue weighted by Crippen LogP contribution is -2.41. The van der Waals surface area contributed by atoms with Gasteiger partial charge in [0.15, 0.2) is 6.61 Å². The van der Waals surface area contributed by atoms with Gasteiger partial charge >= 0.3 is 6.03 Å². The standard InChI is InChI=1S/C18H19N3O4/c1-13(22)20-15-9-5-6-10-16(15)25-12-17(23)21-18(24)19-11-14-7-3-2-4-8-14/h2-10H,11-12H2,1H3,(H,20,22)(H2,19,21,23,24). The molecule has 2 aromatic rings. The normalized spacial score (nSPS) is 9.80. The molecule has 0 aliphatic heterocycles. The lowest BCUT2D eigenvalue weighted by atomic mass is 10.2. The Kier molecular flexibility index (Phi) is 6.53. The number of carbonyl (C=O) groups is 3. The quantitative estimate of drug-likeness (QED) is 0.749. The van der Waals surface area contributed by atoms with Gasteiger partial charge in [-0.15, -0.1) is 0 Å². The summed E-state index contributed by atoms with van der Waals surface area (Å²) in [7, 11) is 0. The predicted octanol–water partition coefficient (Wildman–Crippen LogP) is 2.05. The molecule has 0 aromatic heterocycles. The highest BCUT2D eigenvalue weighted by atomic mass is 16.5. The highest BCUT2D eigenvalue weighted by Gasteiger charge is 2.10. The van der Waals surface area contributed by atoms with Crippen molar-refractivity contribution in [2.75, 3.05) is 11.9 Å². The minimum Gasteiger partial charge on any atom is -0.482 e. The molecule has 0 atom stereocenters. The third kappa shape index (κ3) is 6.34. The van der Waals surface area contributed by atoms with Crippen molar-refractivity contribution in [2.24, 2.45) is 0 Å². The topological polar surface area (TPSA) is 96.5 Å². The summed E-state index contributed by atoms with van der Waals surface area (Å²) in [6, 6.07) is 15.4. The van der Waals surface area contributed by atoms with Crippen LogP contribution in [0, 0.1) is 0 Å². The number of para-hydroxylation sites is 2. The molecule has 0 aliphatic rings. The van der Waals surface area contributed by atoms with Crippen molar-refractivity contribution in [2.45, 2.75) is 13.5 Å². The number of ether oxygens (including phenoxy) is 1. The van der Waals surface area contributed by atoms with Crippen LogP contribution in [0.5, 0.6) is 5.75 Å². The van der Waals surface area contributed by atoms with Gasteiger partial charge in [-0.3, -0.25) is 14.9 Å². The lowest BCUT2D eigenvalue weighted by molar-refractivity contribution is -0.122. The largest absolute Gasteiger partial charge is 0.482 e. The van der Waals surface area contributed by atoms with Gasteiger partial charge in [-0.2, -0.15) is 0 Å². The number of carbonyl (C=O) groups excluding carboxylic acids is 3. The van der Waals surface area contributed by atoms with Gasteiger partial charge in [-0.1, -0.05) is 42.5 Å². The summed E-state index contributed by atoms with van der Waals surface area (Å²) in [5.74, 6) is -0.499. The van der Waals surface area contributed by atoms with Crippen LogP contribution in [-0.4, -0.2) is 24.5 Å². The molecule has 0 saturated heterocycles. The fourth-order valence-corrected chi connectivity index (χ4v) is 2.01. The van der Waals surface area contributed by atoms with Crippen LogP contribution in [-0.2, 0) is 16.1 Å². The fourth-order valence-electron chi connectivity index (χ4n) is 2.01. The number of amides is 4. The molecule has 0 saturated carbocycles. The van der Waals surface area contributed by atoms with Crippen LogP contribution < -0.4 is 20.7 Å². The van der Waals surface area contributed by atoms with Crippen molar-refractivity contribution in [1.29, 1.82) is 0 Å². The van der Waals surface area contributed by atoms with Gasteiger partial charge in [0.1, 0.15) is 5.75 Å². The number of hydrogen-bond acceptors (Lipinski definition) is 4. The Morgan fingerprint density at radius 3 is 2.36 bits per heavy atom. The van der Waals surface area contributed by atoms with E-state index in [0.717, 1.165) is 5.56 Å². The van der Waals surface area contributed by atoms with Crippen molar-refractivity contribution >= 4 is 23.5 Å². The van der Waals surface area contributed by atoms with Crippen LogP contribution in [0.3, 0.4) is 0 Å². The van der Waals surface area contributed by atoms with Gasteiger partial charge in [-0.05, 0) is 17.7 Å². The molecule has 7 heteroatoms. The van der Waals surface area contributed by atoms with Gasteiger partial charge in [0, 0.05) is 13.5 Å². The molecule has 130 valence electrons. The number of rotatable bonds is 6. The highest BCUT2D eigenvalue weighted by molar-refractivity contribution is 5.95. The van der Waals surface area contributed by atoms with Crippen molar-refractivity contribution in [1.82, 2.24) is 10.6 Å². The molecule has 2 aromatic carbocycles. The number of imide groups is 1. The first-order chi connectivity index (χ1) is 12.0. The summed E-state index contributed by atoms with van der Waals surface area (Å²) in [4.78, 5) is 34.6. The van der Waals surface area contributed by atoms with E-state index in [2.05, 4.69) is 16.0 Å². The Bertz CT molecular complexity index is 747. The molecule has 0 unspecified atom stereocenters. The first-order valence-corrected chi connectivity index (χ1v) is 7.65. The summed E-state index contributed by atoms with van der Waals surface area (Å²) in [5, 5.41) is 7.36. The molecule has 0 fully saturated rings. The van der Waals surface area contributed by atoms with E-state index in [1.807, 2.05) is 30.3 Å². The van der Waals surface area contributed by atoms with E-state index in [1.54, 1.807) is 24.3 Å². The second-order valence-electron chi connectivity index (χ2n) is 5.18. The van der Waals surface area contributed by atoms with Gasteiger partial charge in [0.2, 0.25) is 5.91 Å². The molecule has 4 amide bonds. The Balaban J connectivity index is 1.79. The summed E-state index contributed by atoms with van der Waals surface area (Å²) in [5.41, 5.74) is 1.38. The Labute approximate surface area is 145 Å². The Hall–Kier alpha value is -3.35. The van der Waals surface area contributed by atoms with E-state index in [0.29, 0.717) is 18.0 Å². The minimum atomic E-state index is -0.604. The summed E-state index contributed by atoms with van der Waals surface area (Å²) < 4.78 is 5.36. The zero-order valence-electron chi connectivity index (χ0n) is 13.7. The molecule has 0 aliphatic carbocycles. The number of nitrogens with one attached hydrogen (secondary N) is 3. The van der Waals surface area contributed by atoms with E-state index in [4.69, 9.17) is 4.74 Å². The average molecular weight is 341 g/mol. The SMILES string of the molecule is CC(=O)Nc1ccccc1OCC(=O)NC(=O)NCc1ccccc1. The van der Waals surface area contributed by atoms with Crippen LogP contribution in [0.15, 0.2) is 54.6 Å². The van der Waals surface area contributed by atoms with E-state index < -0.39 is 11.9 Å². The molecule has 0 bridgehead atoms. The Morgan fingerprint density at radius 2 is 1.64 bits per heavy atom. The number of hydrogen-bond donors (Lipinski definition) is 3. The average Bonchev–Trinajstić information content (AvgIpc) is 2.59. The molecule has 2 rings (SSSR count). The van der Waals surface area contributed by atoms with Crippen LogP contribution in [0.25, 0.3) is 0 Å². The molecular formula is C18H19N3O4. The van der Waals surface area contributed by atoms with E-state index in [1.165, 1.54) is 6.92 Å². The molecule has 0 heterocycles. The monoisotopic (exact) mass is 341 g/mol. The minimum absolute atomic E-state index is 0.249. The van der Waals surface area contributed by atoms with Crippen LogP contribution >= 0.6 is 0 Å². The van der Waals surface area contributed by atoms with Gasteiger partial charge in [0.05, 0.1) is 5.69 Å². The molecule has 0 radical (unpaired) electrons. The zero-order chi connectivity index (χ0) is 18.1. The van der Waals surface area contributed by atoms with Crippen LogP contribution in [0.1, 0.15) is 12.5 Å². The van der Waals surface area contributed by atoms with Gasteiger partial charge in [-0.25, -0.2) is 4.79 Å². The van der Waals surface area contributed by atoms with Crippen molar-refractivity contribution in [3.05, 3.63) is 60.2 Å². The first-order valence-electron chi connectivity index (χ1n) is 7.65. The van der Waals surface area contributed by atoms with Crippen molar-refractivity contribution < 1.29 is 19.1 Å². The highest BCUT2D eigenvalue weighted by Crippen LogP contribution is 2.23. The van der Waals surface area contributed by atoms with Gasteiger partial charge in [0.25, 0.3) is 5.91 Å². The smallest absolute Gasteiger partial charge is 0.321 e. The van der Waals surface area contributed by atoms with Gasteiger partial charge < -0.3 is 15.4 Å². The third-order valence-corrected chi connectivity index (χ3v) is 3.11. The second kappa shape index (κ2) is 9.07. The maximum Gasteiger partial charge on any atom is 0.321 e. The van der Waals surface area contributed by atoms with Crippen molar-refractivity contribution in [3.63, 3.8) is 0 Å². The molecule has 25 heavy (non-hydrogen) atoms. The number of anilines is 1. The predicted molar refractivity (Wildman–Crippen MR) is 93.1 cm³/mol. The molecule has 0 spiro atoms.